The Morgan fingerprint density at radius 1 is 1.44 bits per heavy atom. The predicted octanol–water partition coefficient (Wildman–Crippen LogP) is 1.74. The lowest BCUT2D eigenvalue weighted by atomic mass is 9.92. The van der Waals surface area contributed by atoms with E-state index >= 15 is 0 Å². The third kappa shape index (κ3) is 2.43. The van der Waals surface area contributed by atoms with Crippen molar-refractivity contribution in [3.8, 4) is 0 Å². The molecule has 2 heterocycles. The zero-order chi connectivity index (χ0) is 11.8. The van der Waals surface area contributed by atoms with E-state index in [1.165, 1.54) is 0 Å². The van der Waals surface area contributed by atoms with Gasteiger partial charge in [0.1, 0.15) is 5.82 Å². The first-order valence-corrected chi connectivity index (χ1v) is 6.04. The van der Waals surface area contributed by atoms with Crippen LogP contribution in [-0.4, -0.2) is 26.5 Å². The molecule has 0 aliphatic carbocycles. The van der Waals surface area contributed by atoms with Crippen LogP contribution in [0.1, 0.15) is 51.2 Å². The molecule has 1 atom stereocenters. The molecular formula is C12H21N3O. The Labute approximate surface area is 96.7 Å². The first-order chi connectivity index (χ1) is 7.49. The molecule has 2 rings (SSSR count). The molecule has 0 fully saturated rings. The first-order valence-electron chi connectivity index (χ1n) is 6.04. The zero-order valence-corrected chi connectivity index (χ0v) is 10.4. The quantitative estimate of drug-likeness (QED) is 0.830. The third-order valence-corrected chi connectivity index (χ3v) is 2.94. The van der Waals surface area contributed by atoms with Gasteiger partial charge in [-0.3, -0.25) is 0 Å². The largest absolute Gasteiger partial charge is 0.396 e. The van der Waals surface area contributed by atoms with Crippen molar-refractivity contribution in [3.63, 3.8) is 0 Å². The van der Waals surface area contributed by atoms with Crippen molar-refractivity contribution < 1.29 is 5.11 Å². The highest BCUT2D eigenvalue weighted by atomic mass is 16.3. The molecule has 0 spiro atoms. The van der Waals surface area contributed by atoms with E-state index in [0.717, 1.165) is 37.5 Å². The summed E-state index contributed by atoms with van der Waals surface area (Å²) in [5.41, 5.74) is 0.215. The van der Waals surface area contributed by atoms with E-state index in [1.807, 2.05) is 4.68 Å². The second-order valence-corrected chi connectivity index (χ2v) is 5.87. The van der Waals surface area contributed by atoms with E-state index < -0.39 is 0 Å². The molecule has 1 unspecified atom stereocenters. The van der Waals surface area contributed by atoms with Crippen molar-refractivity contribution in [2.75, 3.05) is 6.61 Å². The van der Waals surface area contributed by atoms with Crippen molar-refractivity contribution in [1.29, 1.82) is 0 Å². The van der Waals surface area contributed by atoms with E-state index in [-0.39, 0.29) is 17.9 Å². The summed E-state index contributed by atoms with van der Waals surface area (Å²) in [6.45, 7) is 7.71. The van der Waals surface area contributed by atoms with Gasteiger partial charge in [0, 0.05) is 18.9 Å². The zero-order valence-electron chi connectivity index (χ0n) is 10.4. The Kier molecular flexibility index (Phi) is 3.02. The summed E-state index contributed by atoms with van der Waals surface area (Å²) >= 11 is 0. The van der Waals surface area contributed by atoms with Crippen LogP contribution in [0.15, 0.2) is 0 Å². The Hall–Kier alpha value is -0.900. The van der Waals surface area contributed by atoms with Crippen molar-refractivity contribution >= 4 is 0 Å². The number of hydrogen-bond acceptors (Lipinski definition) is 3. The van der Waals surface area contributed by atoms with Crippen LogP contribution in [0.4, 0.5) is 0 Å². The average molecular weight is 223 g/mol. The average Bonchev–Trinajstić information content (AvgIpc) is 2.56. The summed E-state index contributed by atoms with van der Waals surface area (Å²) in [5, 5.41) is 13.8. The number of fused-ring (bicyclic) bond motifs is 1. The molecular weight excluding hydrogens is 202 g/mol. The number of aliphatic hydroxyl groups is 1. The maximum Gasteiger partial charge on any atom is 0.151 e. The lowest BCUT2D eigenvalue weighted by Crippen LogP contribution is -2.19. The summed E-state index contributed by atoms with van der Waals surface area (Å²) in [5.74, 6) is 2.09. The molecule has 1 aromatic heterocycles. The van der Waals surface area contributed by atoms with E-state index in [0.29, 0.717) is 0 Å². The molecule has 0 aromatic carbocycles. The minimum atomic E-state index is 0.188. The minimum absolute atomic E-state index is 0.188. The summed E-state index contributed by atoms with van der Waals surface area (Å²) in [6.07, 6.45) is 3.02. The van der Waals surface area contributed by atoms with Crippen molar-refractivity contribution in [2.45, 2.75) is 52.5 Å². The second-order valence-electron chi connectivity index (χ2n) is 5.87. The van der Waals surface area contributed by atoms with Crippen molar-refractivity contribution in [3.05, 3.63) is 11.6 Å². The predicted molar refractivity (Wildman–Crippen MR) is 62.2 cm³/mol. The lowest BCUT2D eigenvalue weighted by molar-refractivity contribution is 0.234. The van der Waals surface area contributed by atoms with Gasteiger partial charge < -0.3 is 5.11 Å². The fraction of sp³-hybridized carbons (Fsp3) is 0.833. The molecule has 1 aliphatic rings. The van der Waals surface area contributed by atoms with Gasteiger partial charge in [0.15, 0.2) is 5.82 Å². The Balaban J connectivity index is 2.22. The molecule has 0 bridgehead atoms. The van der Waals surface area contributed by atoms with Crippen LogP contribution in [0.5, 0.6) is 0 Å². The van der Waals surface area contributed by atoms with Gasteiger partial charge in [-0.1, -0.05) is 20.8 Å². The Bertz CT molecular complexity index is 365. The van der Waals surface area contributed by atoms with Gasteiger partial charge in [0.05, 0.1) is 6.61 Å². The number of hydrogen-bond donors (Lipinski definition) is 1. The SMILES string of the molecule is CC(C)(C)Cc1nc2n(n1)CCCC2CO. The third-order valence-electron chi connectivity index (χ3n) is 2.94. The molecule has 1 N–H and O–H groups in total. The van der Waals surface area contributed by atoms with Gasteiger partial charge in [-0.05, 0) is 18.3 Å². The number of aryl methyl sites for hydroxylation is 1. The molecule has 0 saturated heterocycles. The smallest absolute Gasteiger partial charge is 0.151 e. The standard InChI is InChI=1S/C12H21N3O/c1-12(2,3)7-10-13-11-9(8-16)5-4-6-15(11)14-10/h9,16H,4-8H2,1-3H3. The van der Waals surface area contributed by atoms with Gasteiger partial charge in [-0.2, -0.15) is 5.10 Å². The highest BCUT2D eigenvalue weighted by Crippen LogP contribution is 2.26. The molecule has 1 aromatic rings. The number of rotatable bonds is 2. The maximum absolute atomic E-state index is 9.30. The van der Waals surface area contributed by atoms with Gasteiger partial charge in [0.2, 0.25) is 0 Å². The Morgan fingerprint density at radius 2 is 2.19 bits per heavy atom. The topological polar surface area (TPSA) is 50.9 Å². The summed E-state index contributed by atoms with van der Waals surface area (Å²) < 4.78 is 1.98. The highest BCUT2D eigenvalue weighted by molar-refractivity contribution is 5.04. The van der Waals surface area contributed by atoms with Gasteiger partial charge >= 0.3 is 0 Å². The summed E-state index contributed by atoms with van der Waals surface area (Å²) in [7, 11) is 0. The van der Waals surface area contributed by atoms with E-state index in [1.54, 1.807) is 0 Å². The van der Waals surface area contributed by atoms with Crippen LogP contribution in [0.25, 0.3) is 0 Å². The van der Waals surface area contributed by atoms with Crippen LogP contribution in [-0.2, 0) is 13.0 Å². The maximum atomic E-state index is 9.30. The molecule has 4 heteroatoms. The van der Waals surface area contributed by atoms with Crippen LogP contribution in [0, 0.1) is 5.41 Å². The fourth-order valence-corrected chi connectivity index (χ4v) is 2.21. The number of nitrogens with zero attached hydrogens (tertiary/aromatic N) is 3. The number of aromatic nitrogens is 3. The van der Waals surface area contributed by atoms with Gasteiger partial charge in [-0.15, -0.1) is 0 Å². The van der Waals surface area contributed by atoms with E-state index in [4.69, 9.17) is 0 Å². The molecule has 4 nitrogen and oxygen atoms in total. The second kappa shape index (κ2) is 4.17. The first kappa shape index (κ1) is 11.6. The highest BCUT2D eigenvalue weighted by Gasteiger charge is 2.25. The monoisotopic (exact) mass is 223 g/mol. The van der Waals surface area contributed by atoms with E-state index in [9.17, 15) is 5.11 Å². The molecule has 16 heavy (non-hydrogen) atoms. The fourth-order valence-electron chi connectivity index (χ4n) is 2.21. The lowest BCUT2D eigenvalue weighted by Gasteiger charge is -2.19. The molecule has 1 aliphatic heterocycles. The Morgan fingerprint density at radius 3 is 2.81 bits per heavy atom. The van der Waals surface area contributed by atoms with Gasteiger partial charge in [0.25, 0.3) is 0 Å². The summed E-state index contributed by atoms with van der Waals surface area (Å²) in [6, 6.07) is 0. The van der Waals surface area contributed by atoms with Gasteiger partial charge in [-0.25, -0.2) is 9.67 Å². The normalized spacial score (nSPS) is 20.9. The summed E-state index contributed by atoms with van der Waals surface area (Å²) in [4.78, 5) is 4.58. The van der Waals surface area contributed by atoms with Crippen LogP contribution in [0.2, 0.25) is 0 Å². The molecule has 90 valence electrons. The van der Waals surface area contributed by atoms with Crippen molar-refractivity contribution in [1.82, 2.24) is 14.8 Å². The van der Waals surface area contributed by atoms with E-state index in [2.05, 4.69) is 30.9 Å². The molecule has 0 radical (unpaired) electrons. The molecule has 0 amide bonds. The van der Waals surface area contributed by atoms with Crippen LogP contribution >= 0.6 is 0 Å². The molecule has 0 saturated carbocycles. The van der Waals surface area contributed by atoms with Crippen LogP contribution < -0.4 is 0 Å². The van der Waals surface area contributed by atoms with Crippen LogP contribution in [0.3, 0.4) is 0 Å². The number of aliphatic hydroxyl groups excluding tert-OH is 1. The minimum Gasteiger partial charge on any atom is -0.396 e. The van der Waals surface area contributed by atoms with Crippen molar-refractivity contribution in [2.24, 2.45) is 5.41 Å².